The van der Waals surface area contributed by atoms with E-state index < -0.39 is 0 Å². The van der Waals surface area contributed by atoms with Crippen LogP contribution in [0.2, 0.25) is 0 Å². The molecule has 0 atom stereocenters. The first-order chi connectivity index (χ1) is 8.68. The number of nitrogens with zero attached hydrogens (tertiary/aromatic N) is 3. The van der Waals surface area contributed by atoms with E-state index in [4.69, 9.17) is 10.7 Å². The van der Waals surface area contributed by atoms with E-state index >= 15 is 0 Å². The average molecular weight is 242 g/mol. The first kappa shape index (κ1) is 11.3. The van der Waals surface area contributed by atoms with Gasteiger partial charge in [0.2, 0.25) is 0 Å². The molecule has 1 aliphatic carbocycles. The lowest BCUT2D eigenvalue weighted by molar-refractivity contribution is 0.646. The molecule has 1 aliphatic rings. The summed E-state index contributed by atoms with van der Waals surface area (Å²) in [6, 6.07) is 4.48. The van der Waals surface area contributed by atoms with E-state index in [0.29, 0.717) is 12.0 Å². The van der Waals surface area contributed by atoms with Gasteiger partial charge in [-0.3, -0.25) is 4.98 Å². The van der Waals surface area contributed by atoms with E-state index in [0.717, 1.165) is 22.9 Å². The maximum Gasteiger partial charge on any atom is 0.132 e. The van der Waals surface area contributed by atoms with Crippen LogP contribution in [0.5, 0.6) is 0 Å². The van der Waals surface area contributed by atoms with Crippen molar-refractivity contribution < 1.29 is 0 Å². The van der Waals surface area contributed by atoms with Crippen LogP contribution in [0, 0.1) is 0 Å². The molecule has 2 N–H and O–H groups in total. The molecule has 2 heterocycles. The lowest BCUT2D eigenvalue weighted by atomic mass is 10.2. The quantitative estimate of drug-likeness (QED) is 0.900. The predicted octanol–water partition coefficient (Wildman–Crippen LogP) is 2.99. The van der Waals surface area contributed by atoms with Crippen LogP contribution in [0.1, 0.15) is 44.5 Å². The molecule has 0 spiro atoms. The van der Waals surface area contributed by atoms with Gasteiger partial charge in [0.25, 0.3) is 0 Å². The van der Waals surface area contributed by atoms with Crippen molar-refractivity contribution in [2.75, 3.05) is 5.73 Å². The van der Waals surface area contributed by atoms with Crippen molar-refractivity contribution in [1.82, 2.24) is 14.5 Å². The van der Waals surface area contributed by atoms with Gasteiger partial charge in [-0.25, -0.2) is 4.98 Å². The number of aromatic nitrogens is 3. The third-order valence-electron chi connectivity index (χ3n) is 3.34. The number of nitrogen functional groups attached to an aromatic ring is 1. The third-order valence-corrected chi connectivity index (χ3v) is 3.34. The highest BCUT2D eigenvalue weighted by Crippen LogP contribution is 2.42. The van der Waals surface area contributed by atoms with Crippen molar-refractivity contribution in [2.24, 2.45) is 0 Å². The summed E-state index contributed by atoms with van der Waals surface area (Å²) < 4.78 is 2.22. The Kier molecular flexibility index (Phi) is 2.58. The molecule has 94 valence electrons. The molecule has 1 fully saturated rings. The van der Waals surface area contributed by atoms with Gasteiger partial charge in [0.15, 0.2) is 0 Å². The Hall–Kier alpha value is -1.84. The molecule has 3 rings (SSSR count). The van der Waals surface area contributed by atoms with Crippen molar-refractivity contribution in [1.29, 1.82) is 0 Å². The number of anilines is 1. The SMILES string of the molecule is CC(C)c1nc(-c2cccnc2)c(N)n1C1CC1. The van der Waals surface area contributed by atoms with Gasteiger partial charge in [0.1, 0.15) is 17.3 Å². The minimum Gasteiger partial charge on any atom is -0.383 e. The number of nitrogens with two attached hydrogens (primary N) is 1. The van der Waals surface area contributed by atoms with Crippen molar-refractivity contribution in [2.45, 2.75) is 38.6 Å². The fourth-order valence-electron chi connectivity index (χ4n) is 2.30. The molecule has 0 aromatic carbocycles. The molecule has 0 radical (unpaired) electrons. The zero-order valence-electron chi connectivity index (χ0n) is 10.8. The van der Waals surface area contributed by atoms with Crippen LogP contribution in [0.15, 0.2) is 24.5 Å². The summed E-state index contributed by atoms with van der Waals surface area (Å²) >= 11 is 0. The van der Waals surface area contributed by atoms with E-state index in [1.54, 1.807) is 6.20 Å². The standard InChI is InChI=1S/C14H18N4/c1-9(2)14-17-12(10-4-3-7-16-8-10)13(15)18(14)11-5-6-11/h3-4,7-9,11H,5-6,15H2,1-2H3. The van der Waals surface area contributed by atoms with E-state index in [9.17, 15) is 0 Å². The largest absolute Gasteiger partial charge is 0.383 e. The van der Waals surface area contributed by atoms with Crippen molar-refractivity contribution in [3.63, 3.8) is 0 Å². The molecule has 1 saturated carbocycles. The first-order valence-corrected chi connectivity index (χ1v) is 6.46. The highest BCUT2D eigenvalue weighted by molar-refractivity contribution is 5.70. The second-order valence-corrected chi connectivity index (χ2v) is 5.20. The number of rotatable bonds is 3. The lowest BCUT2D eigenvalue weighted by Crippen LogP contribution is -2.06. The first-order valence-electron chi connectivity index (χ1n) is 6.46. The lowest BCUT2D eigenvalue weighted by Gasteiger charge is -2.10. The Balaban J connectivity index is 2.14. The van der Waals surface area contributed by atoms with Gasteiger partial charge in [-0.05, 0) is 25.0 Å². The number of hydrogen-bond donors (Lipinski definition) is 1. The molecule has 2 aromatic rings. The molecule has 0 amide bonds. The highest BCUT2D eigenvalue weighted by Gasteiger charge is 2.30. The van der Waals surface area contributed by atoms with Crippen LogP contribution in [0.4, 0.5) is 5.82 Å². The molecule has 4 heteroatoms. The molecular formula is C14H18N4. The summed E-state index contributed by atoms with van der Waals surface area (Å²) in [5.74, 6) is 2.27. The molecule has 0 bridgehead atoms. The normalized spacial score (nSPS) is 15.3. The van der Waals surface area contributed by atoms with E-state index in [1.807, 2.05) is 18.3 Å². The Morgan fingerprint density at radius 3 is 2.72 bits per heavy atom. The minimum atomic E-state index is 0.387. The zero-order chi connectivity index (χ0) is 12.7. The van der Waals surface area contributed by atoms with Crippen molar-refractivity contribution in [3.05, 3.63) is 30.4 Å². The van der Waals surface area contributed by atoms with Gasteiger partial charge < -0.3 is 10.3 Å². The summed E-state index contributed by atoms with van der Waals surface area (Å²) in [7, 11) is 0. The van der Waals surface area contributed by atoms with Crippen molar-refractivity contribution in [3.8, 4) is 11.3 Å². The monoisotopic (exact) mass is 242 g/mol. The molecule has 0 unspecified atom stereocenters. The highest BCUT2D eigenvalue weighted by atomic mass is 15.2. The second-order valence-electron chi connectivity index (χ2n) is 5.20. The fourth-order valence-corrected chi connectivity index (χ4v) is 2.30. The summed E-state index contributed by atoms with van der Waals surface area (Å²) in [6.07, 6.45) is 6.01. The third kappa shape index (κ3) is 1.78. The van der Waals surface area contributed by atoms with Crippen LogP contribution in [-0.2, 0) is 0 Å². The summed E-state index contributed by atoms with van der Waals surface area (Å²) in [6.45, 7) is 4.32. The second kappa shape index (κ2) is 4.12. The summed E-state index contributed by atoms with van der Waals surface area (Å²) in [5, 5.41) is 0. The van der Waals surface area contributed by atoms with Gasteiger partial charge in [-0.15, -0.1) is 0 Å². The van der Waals surface area contributed by atoms with Gasteiger partial charge in [0, 0.05) is 29.9 Å². The molecule has 0 aliphatic heterocycles. The molecule has 0 saturated heterocycles. The van der Waals surface area contributed by atoms with Gasteiger partial charge in [0.05, 0.1) is 0 Å². The van der Waals surface area contributed by atoms with E-state index in [2.05, 4.69) is 23.4 Å². The van der Waals surface area contributed by atoms with Crippen LogP contribution in [0.3, 0.4) is 0 Å². The van der Waals surface area contributed by atoms with E-state index in [-0.39, 0.29) is 0 Å². The van der Waals surface area contributed by atoms with Gasteiger partial charge in [-0.2, -0.15) is 0 Å². The topological polar surface area (TPSA) is 56.7 Å². The average Bonchev–Trinajstić information content (AvgIpc) is 3.14. The van der Waals surface area contributed by atoms with Crippen LogP contribution in [-0.4, -0.2) is 14.5 Å². The predicted molar refractivity (Wildman–Crippen MR) is 72.2 cm³/mol. The van der Waals surface area contributed by atoms with Gasteiger partial charge in [-0.1, -0.05) is 13.8 Å². The van der Waals surface area contributed by atoms with Crippen LogP contribution >= 0.6 is 0 Å². The molecular weight excluding hydrogens is 224 g/mol. The van der Waals surface area contributed by atoms with E-state index in [1.165, 1.54) is 12.8 Å². The number of pyridine rings is 1. The Bertz CT molecular complexity index is 553. The summed E-state index contributed by atoms with van der Waals surface area (Å²) in [5.41, 5.74) is 8.16. The Labute approximate surface area is 107 Å². The maximum atomic E-state index is 6.29. The number of hydrogen-bond acceptors (Lipinski definition) is 3. The van der Waals surface area contributed by atoms with Crippen LogP contribution < -0.4 is 5.73 Å². The van der Waals surface area contributed by atoms with Crippen LogP contribution in [0.25, 0.3) is 11.3 Å². The summed E-state index contributed by atoms with van der Waals surface area (Å²) in [4.78, 5) is 8.88. The molecule has 18 heavy (non-hydrogen) atoms. The molecule has 2 aromatic heterocycles. The fraction of sp³-hybridized carbons (Fsp3) is 0.429. The Morgan fingerprint density at radius 1 is 1.39 bits per heavy atom. The zero-order valence-corrected chi connectivity index (χ0v) is 10.8. The van der Waals surface area contributed by atoms with Crippen molar-refractivity contribution >= 4 is 5.82 Å². The Morgan fingerprint density at radius 2 is 2.17 bits per heavy atom. The van der Waals surface area contributed by atoms with Gasteiger partial charge >= 0.3 is 0 Å². The smallest absolute Gasteiger partial charge is 0.132 e. The molecule has 4 nitrogen and oxygen atoms in total. The number of imidazole rings is 1. The minimum absolute atomic E-state index is 0.387. The maximum absolute atomic E-state index is 6.29.